The molecular formula is C22H21N7S. The highest BCUT2D eigenvalue weighted by Crippen LogP contribution is 2.31. The first kappa shape index (κ1) is 18.4. The Hall–Kier alpha value is -3.65. The second-order valence-electron chi connectivity index (χ2n) is 7.19. The van der Waals surface area contributed by atoms with E-state index in [1.807, 2.05) is 24.4 Å². The maximum atomic E-state index is 6.27. The van der Waals surface area contributed by atoms with Crippen LogP contribution in [0, 0.1) is 6.92 Å². The van der Waals surface area contributed by atoms with E-state index in [0.29, 0.717) is 5.82 Å². The maximum Gasteiger partial charge on any atom is 0.133 e. The van der Waals surface area contributed by atoms with Gasteiger partial charge >= 0.3 is 0 Å². The summed E-state index contributed by atoms with van der Waals surface area (Å²) < 4.78 is 0. The van der Waals surface area contributed by atoms with Crippen LogP contribution in [0.25, 0.3) is 38.8 Å². The highest BCUT2D eigenvalue weighted by molar-refractivity contribution is 7.09. The number of hydrogen-bond donors (Lipinski definition) is 4. The van der Waals surface area contributed by atoms with E-state index in [0.717, 1.165) is 68.1 Å². The number of aryl methyl sites for hydroxylation is 1. The van der Waals surface area contributed by atoms with Gasteiger partial charge in [-0.15, -0.1) is 11.3 Å². The molecule has 30 heavy (non-hydrogen) atoms. The largest absolute Gasteiger partial charge is 0.383 e. The lowest BCUT2D eigenvalue weighted by atomic mass is 10.1. The number of benzene rings is 1. The summed E-state index contributed by atoms with van der Waals surface area (Å²) in [5.41, 5.74) is 13.0. The van der Waals surface area contributed by atoms with Gasteiger partial charge in [0.15, 0.2) is 0 Å². The quantitative estimate of drug-likeness (QED) is 0.331. The molecule has 0 radical (unpaired) electrons. The SMILES string of the molecule is C=C(NCCc1cc2c(N)nc3cc(-c4ccn[nH]4)ccc3c2[nH]1)c1csc(C)n1. The molecule has 8 heteroatoms. The van der Waals surface area contributed by atoms with Crippen LogP contribution >= 0.6 is 11.3 Å². The Balaban J connectivity index is 1.40. The van der Waals surface area contributed by atoms with Crippen LogP contribution in [0.1, 0.15) is 16.4 Å². The molecule has 0 aliphatic heterocycles. The lowest BCUT2D eigenvalue weighted by molar-refractivity contribution is 0.831. The van der Waals surface area contributed by atoms with Gasteiger partial charge in [0, 0.05) is 46.6 Å². The molecule has 0 aliphatic rings. The number of aromatic amines is 2. The van der Waals surface area contributed by atoms with Crippen LogP contribution in [0.15, 0.2) is 48.5 Å². The summed E-state index contributed by atoms with van der Waals surface area (Å²) in [6, 6.07) is 10.2. The van der Waals surface area contributed by atoms with Gasteiger partial charge in [-0.3, -0.25) is 5.10 Å². The van der Waals surface area contributed by atoms with Crippen molar-refractivity contribution < 1.29 is 0 Å². The molecule has 0 saturated heterocycles. The summed E-state index contributed by atoms with van der Waals surface area (Å²) >= 11 is 1.62. The number of rotatable bonds is 6. The van der Waals surface area contributed by atoms with Crippen LogP contribution < -0.4 is 11.1 Å². The van der Waals surface area contributed by atoms with Crippen LogP contribution in [0.4, 0.5) is 5.82 Å². The molecule has 4 aromatic heterocycles. The van der Waals surface area contributed by atoms with Gasteiger partial charge < -0.3 is 16.0 Å². The van der Waals surface area contributed by atoms with E-state index in [1.165, 1.54) is 0 Å². The van der Waals surface area contributed by atoms with Crippen molar-refractivity contribution in [2.24, 2.45) is 0 Å². The third-order valence-electron chi connectivity index (χ3n) is 5.13. The van der Waals surface area contributed by atoms with Gasteiger partial charge in [-0.1, -0.05) is 18.7 Å². The molecule has 0 atom stereocenters. The highest BCUT2D eigenvalue weighted by atomic mass is 32.1. The second kappa shape index (κ2) is 7.31. The lowest BCUT2D eigenvalue weighted by Gasteiger charge is -2.06. The van der Waals surface area contributed by atoms with Crippen LogP contribution in [0.2, 0.25) is 0 Å². The highest BCUT2D eigenvalue weighted by Gasteiger charge is 2.12. The average Bonchev–Trinajstić information content (AvgIpc) is 3.48. The van der Waals surface area contributed by atoms with Crippen molar-refractivity contribution >= 4 is 44.7 Å². The number of nitrogens with zero attached hydrogens (tertiary/aromatic N) is 3. The zero-order chi connectivity index (χ0) is 20.7. The molecule has 0 spiro atoms. The van der Waals surface area contributed by atoms with E-state index in [1.54, 1.807) is 17.5 Å². The van der Waals surface area contributed by atoms with Crippen molar-refractivity contribution in [1.82, 2.24) is 30.5 Å². The minimum Gasteiger partial charge on any atom is -0.383 e. The lowest BCUT2D eigenvalue weighted by Crippen LogP contribution is -2.15. The predicted octanol–water partition coefficient (Wildman–Crippen LogP) is 4.26. The molecule has 1 aromatic carbocycles. The molecule has 0 unspecified atom stereocenters. The molecule has 0 saturated carbocycles. The van der Waals surface area contributed by atoms with Gasteiger partial charge in [0.25, 0.3) is 0 Å². The Morgan fingerprint density at radius 3 is 2.87 bits per heavy atom. The van der Waals surface area contributed by atoms with Crippen LogP contribution in [-0.2, 0) is 6.42 Å². The zero-order valence-electron chi connectivity index (χ0n) is 16.5. The fourth-order valence-electron chi connectivity index (χ4n) is 3.61. The van der Waals surface area contributed by atoms with E-state index in [4.69, 9.17) is 5.73 Å². The summed E-state index contributed by atoms with van der Waals surface area (Å²) in [5, 5.41) is 15.4. The number of anilines is 1. The molecule has 0 fully saturated rings. The molecular weight excluding hydrogens is 394 g/mol. The molecule has 5 rings (SSSR count). The van der Waals surface area contributed by atoms with Crippen molar-refractivity contribution in [1.29, 1.82) is 0 Å². The molecule has 0 amide bonds. The number of fused-ring (bicyclic) bond motifs is 3. The van der Waals surface area contributed by atoms with Crippen LogP contribution in [0.5, 0.6) is 0 Å². The van der Waals surface area contributed by atoms with Crippen LogP contribution in [-0.4, -0.2) is 31.7 Å². The third kappa shape index (κ3) is 3.31. The number of aromatic nitrogens is 5. The minimum atomic E-state index is 0.525. The van der Waals surface area contributed by atoms with Gasteiger partial charge in [-0.25, -0.2) is 9.97 Å². The molecule has 7 nitrogen and oxygen atoms in total. The number of nitrogens with one attached hydrogen (secondary N) is 3. The topological polar surface area (TPSA) is 108 Å². The van der Waals surface area contributed by atoms with E-state index < -0.39 is 0 Å². The molecule has 5 aromatic rings. The van der Waals surface area contributed by atoms with E-state index in [2.05, 4.69) is 55.2 Å². The van der Waals surface area contributed by atoms with Crippen molar-refractivity contribution in [3.05, 3.63) is 64.9 Å². The van der Waals surface area contributed by atoms with E-state index >= 15 is 0 Å². The Labute approximate surface area is 177 Å². The normalized spacial score (nSPS) is 11.4. The Morgan fingerprint density at radius 2 is 2.10 bits per heavy atom. The Morgan fingerprint density at radius 1 is 1.20 bits per heavy atom. The van der Waals surface area contributed by atoms with Crippen molar-refractivity contribution in [3.8, 4) is 11.3 Å². The van der Waals surface area contributed by atoms with Gasteiger partial charge in [0.1, 0.15) is 5.82 Å². The molecule has 150 valence electrons. The first-order chi connectivity index (χ1) is 14.6. The predicted molar refractivity (Wildman–Crippen MR) is 123 cm³/mol. The second-order valence-corrected chi connectivity index (χ2v) is 8.25. The average molecular weight is 416 g/mol. The molecule has 4 heterocycles. The van der Waals surface area contributed by atoms with Gasteiger partial charge in [0.2, 0.25) is 0 Å². The Kier molecular flexibility index (Phi) is 4.48. The van der Waals surface area contributed by atoms with Crippen molar-refractivity contribution in [2.75, 3.05) is 12.3 Å². The number of hydrogen-bond acceptors (Lipinski definition) is 6. The first-order valence-electron chi connectivity index (χ1n) is 9.64. The first-order valence-corrected chi connectivity index (χ1v) is 10.5. The number of pyridine rings is 1. The summed E-state index contributed by atoms with van der Waals surface area (Å²) in [6.07, 6.45) is 2.55. The van der Waals surface area contributed by atoms with Crippen molar-refractivity contribution in [2.45, 2.75) is 13.3 Å². The van der Waals surface area contributed by atoms with Gasteiger partial charge in [-0.2, -0.15) is 5.10 Å². The third-order valence-corrected chi connectivity index (χ3v) is 5.90. The fourth-order valence-corrected chi connectivity index (χ4v) is 4.24. The monoisotopic (exact) mass is 415 g/mol. The molecule has 0 aliphatic carbocycles. The van der Waals surface area contributed by atoms with Crippen LogP contribution in [0.3, 0.4) is 0 Å². The van der Waals surface area contributed by atoms with E-state index in [9.17, 15) is 0 Å². The van der Waals surface area contributed by atoms with Gasteiger partial charge in [0.05, 0.1) is 33.1 Å². The number of H-pyrrole nitrogens is 2. The minimum absolute atomic E-state index is 0.525. The summed E-state index contributed by atoms with van der Waals surface area (Å²) in [5.74, 6) is 0.525. The number of nitrogens with two attached hydrogens (primary N) is 1. The zero-order valence-corrected chi connectivity index (χ0v) is 17.3. The summed E-state index contributed by atoms with van der Waals surface area (Å²) in [4.78, 5) is 12.6. The molecule has 0 bridgehead atoms. The number of thiazole rings is 1. The number of nitrogen functional groups attached to an aromatic ring is 1. The Bertz CT molecular complexity index is 1360. The fraction of sp³-hybridized carbons (Fsp3) is 0.136. The van der Waals surface area contributed by atoms with Gasteiger partial charge in [-0.05, 0) is 25.1 Å². The standard InChI is InChI=1S/C22H21N7S/c1-12(20-11-30-13(2)26-20)24-7-5-15-10-17-21(27-15)16-4-3-14(18-6-8-25-29-18)9-19(16)28-22(17)23/h3-4,6,8-11,24,27H,1,5,7H2,2H3,(H2,23,28)(H,25,29). The summed E-state index contributed by atoms with van der Waals surface area (Å²) in [7, 11) is 0. The smallest absolute Gasteiger partial charge is 0.133 e. The molecule has 5 N–H and O–H groups in total. The van der Waals surface area contributed by atoms with Crippen molar-refractivity contribution in [3.63, 3.8) is 0 Å². The summed E-state index contributed by atoms with van der Waals surface area (Å²) in [6.45, 7) is 6.82. The maximum absolute atomic E-state index is 6.27. The van der Waals surface area contributed by atoms with E-state index in [-0.39, 0.29) is 0 Å².